The number of rotatable bonds is 11. The molecule has 0 bridgehead atoms. The number of sulfone groups is 1. The quantitative estimate of drug-likeness (QED) is 0.263. The number of benzene rings is 2. The van der Waals surface area contributed by atoms with Crippen LogP contribution in [0.3, 0.4) is 0 Å². The van der Waals surface area contributed by atoms with E-state index in [1.165, 1.54) is 30.3 Å². The van der Waals surface area contributed by atoms with Gasteiger partial charge in [0.15, 0.2) is 14.7 Å². The second-order valence-electron chi connectivity index (χ2n) is 8.02. The number of hydrogen-bond acceptors (Lipinski definition) is 9. The molecule has 3 rings (SSSR count). The number of anilines is 1. The molecule has 14 heteroatoms. The summed E-state index contributed by atoms with van der Waals surface area (Å²) in [6, 6.07) is 8.52. The molecule has 0 radical (unpaired) electrons. The molecule has 1 heterocycles. The van der Waals surface area contributed by atoms with Gasteiger partial charge >= 0.3 is 10.2 Å². The predicted molar refractivity (Wildman–Crippen MR) is 131 cm³/mol. The van der Waals surface area contributed by atoms with Crippen molar-refractivity contribution in [3.8, 4) is 17.2 Å². The van der Waals surface area contributed by atoms with Gasteiger partial charge in [-0.15, -0.1) is 0 Å². The number of carbonyl (C=O) groups is 1. The van der Waals surface area contributed by atoms with Gasteiger partial charge in [-0.25, -0.2) is 17.4 Å². The molecule has 0 spiro atoms. The summed E-state index contributed by atoms with van der Waals surface area (Å²) in [5, 5.41) is 32.2. The van der Waals surface area contributed by atoms with E-state index >= 15 is 0 Å². The number of unbranched alkanes of at least 4 members (excludes halogenated alkanes) is 1. The number of ether oxygens (including phenoxy) is 1. The number of carbonyl (C=O) groups excluding carboxylic acids is 1. The minimum Gasteiger partial charge on any atom is -0.506 e. The van der Waals surface area contributed by atoms with Crippen LogP contribution in [0.2, 0.25) is 0 Å². The Morgan fingerprint density at radius 2 is 1.86 bits per heavy atom. The zero-order chi connectivity index (χ0) is 26.5. The molecule has 1 aliphatic rings. The van der Waals surface area contributed by atoms with Gasteiger partial charge in [0.25, 0.3) is 0 Å². The maximum absolute atomic E-state index is 12.1. The normalized spacial score (nSPS) is 14.7. The van der Waals surface area contributed by atoms with Crippen molar-refractivity contribution in [1.29, 1.82) is 0 Å². The standard InChI is InChI=1S/C22H27N3O9S2/c1-35(30,31)22-17(26)5-4-6-19(22)34-12-3-2-11-23-20(28)10-8-15-7-9-16(18(27)13-15)25-14-21(29)24-36(25,32)33/h4-7,9,13-14,24,26-27,29H,2-3,8,10-12H2,1H3,(H,23,28). The van der Waals surface area contributed by atoms with E-state index in [0.717, 1.165) is 12.5 Å². The molecule has 0 fully saturated rings. The fourth-order valence-electron chi connectivity index (χ4n) is 3.47. The molecule has 0 atom stereocenters. The van der Waals surface area contributed by atoms with Crippen LogP contribution in [0, 0.1) is 0 Å². The Kier molecular flexibility index (Phi) is 8.20. The lowest BCUT2D eigenvalue weighted by atomic mass is 10.1. The number of aryl methyl sites for hydroxylation is 1. The topological polar surface area (TPSA) is 183 Å². The lowest BCUT2D eigenvalue weighted by Gasteiger charge is -2.16. The Labute approximate surface area is 208 Å². The van der Waals surface area contributed by atoms with E-state index in [-0.39, 0.29) is 46.8 Å². The minimum atomic E-state index is -4.02. The van der Waals surface area contributed by atoms with E-state index in [9.17, 15) is 36.9 Å². The first kappa shape index (κ1) is 26.9. The second kappa shape index (κ2) is 11.0. The molecule has 0 saturated heterocycles. The molecule has 5 N–H and O–H groups in total. The number of hydrogen-bond donors (Lipinski definition) is 5. The lowest BCUT2D eigenvalue weighted by molar-refractivity contribution is -0.121. The second-order valence-corrected chi connectivity index (χ2v) is 11.5. The molecule has 12 nitrogen and oxygen atoms in total. The van der Waals surface area contributed by atoms with Gasteiger partial charge < -0.3 is 25.4 Å². The Hall–Kier alpha value is -3.65. The highest BCUT2D eigenvalue weighted by Gasteiger charge is 2.30. The van der Waals surface area contributed by atoms with Crippen molar-refractivity contribution in [3.63, 3.8) is 0 Å². The van der Waals surface area contributed by atoms with Gasteiger partial charge in [-0.1, -0.05) is 12.1 Å². The molecule has 0 unspecified atom stereocenters. The van der Waals surface area contributed by atoms with Crippen LogP contribution < -0.4 is 19.1 Å². The van der Waals surface area contributed by atoms with E-state index in [0.29, 0.717) is 35.7 Å². The summed E-state index contributed by atoms with van der Waals surface area (Å²) in [5.74, 6) is -1.41. The van der Waals surface area contributed by atoms with E-state index in [1.54, 1.807) is 6.07 Å². The third-order valence-electron chi connectivity index (χ3n) is 5.13. The third kappa shape index (κ3) is 6.73. The molecule has 2 aromatic rings. The molecule has 0 saturated carbocycles. The van der Waals surface area contributed by atoms with Gasteiger partial charge in [-0.2, -0.15) is 8.42 Å². The molecular formula is C22H27N3O9S2. The van der Waals surface area contributed by atoms with Gasteiger partial charge in [0.05, 0.1) is 12.8 Å². The van der Waals surface area contributed by atoms with Crippen LogP contribution in [0.15, 0.2) is 53.4 Å². The van der Waals surface area contributed by atoms with Crippen LogP contribution in [0.1, 0.15) is 24.8 Å². The Morgan fingerprint density at radius 3 is 2.50 bits per heavy atom. The predicted octanol–water partition coefficient (Wildman–Crippen LogP) is 1.42. The van der Waals surface area contributed by atoms with Gasteiger partial charge in [0.2, 0.25) is 11.8 Å². The maximum atomic E-state index is 12.1. The monoisotopic (exact) mass is 541 g/mol. The van der Waals surface area contributed by atoms with E-state index < -0.39 is 25.9 Å². The van der Waals surface area contributed by atoms with Gasteiger partial charge in [0, 0.05) is 19.2 Å². The van der Waals surface area contributed by atoms with Crippen LogP contribution >= 0.6 is 0 Å². The highest BCUT2D eigenvalue weighted by molar-refractivity contribution is 7.91. The summed E-state index contributed by atoms with van der Waals surface area (Å²) >= 11 is 0. The molecule has 36 heavy (non-hydrogen) atoms. The molecule has 1 amide bonds. The van der Waals surface area contributed by atoms with E-state index in [2.05, 4.69) is 5.32 Å². The van der Waals surface area contributed by atoms with Crippen molar-refractivity contribution in [2.24, 2.45) is 0 Å². The van der Waals surface area contributed by atoms with Gasteiger partial charge in [-0.3, -0.25) is 4.79 Å². The summed E-state index contributed by atoms with van der Waals surface area (Å²) in [6.07, 6.45) is 3.47. The number of amides is 1. The smallest absolute Gasteiger partial charge is 0.330 e. The Morgan fingerprint density at radius 1 is 1.11 bits per heavy atom. The summed E-state index contributed by atoms with van der Waals surface area (Å²) in [7, 11) is -7.69. The molecule has 2 aromatic carbocycles. The maximum Gasteiger partial charge on any atom is 0.330 e. The largest absolute Gasteiger partial charge is 0.506 e. The fraction of sp³-hybridized carbons (Fsp3) is 0.318. The first-order valence-corrected chi connectivity index (χ1v) is 14.2. The molecule has 0 aromatic heterocycles. The zero-order valence-electron chi connectivity index (χ0n) is 19.3. The Bertz CT molecular complexity index is 1370. The van der Waals surface area contributed by atoms with Crippen LogP contribution in [-0.4, -0.2) is 57.5 Å². The van der Waals surface area contributed by atoms with Crippen LogP contribution in [0.5, 0.6) is 17.2 Å². The van der Waals surface area contributed by atoms with E-state index in [1.807, 2.05) is 4.72 Å². The number of aliphatic hydroxyl groups excluding tert-OH is 1. The lowest BCUT2D eigenvalue weighted by Crippen LogP contribution is -2.29. The summed E-state index contributed by atoms with van der Waals surface area (Å²) < 4.78 is 55.6. The van der Waals surface area contributed by atoms with Gasteiger partial charge in [-0.05, 0) is 49.1 Å². The van der Waals surface area contributed by atoms with Crippen molar-refractivity contribution in [1.82, 2.24) is 10.0 Å². The zero-order valence-corrected chi connectivity index (χ0v) is 21.0. The number of nitrogens with zero attached hydrogens (tertiary/aromatic N) is 1. The minimum absolute atomic E-state index is 0.0451. The van der Waals surface area contributed by atoms with Crippen molar-refractivity contribution >= 4 is 31.6 Å². The average Bonchev–Trinajstić information content (AvgIpc) is 3.05. The molecular weight excluding hydrogens is 514 g/mol. The van der Waals surface area contributed by atoms with Crippen molar-refractivity contribution in [2.75, 3.05) is 23.7 Å². The number of nitrogens with one attached hydrogen (secondary N) is 2. The van der Waals surface area contributed by atoms with Crippen LogP contribution in [-0.2, 0) is 31.3 Å². The average molecular weight is 542 g/mol. The molecule has 1 aliphatic heterocycles. The number of phenols is 2. The molecule has 0 aliphatic carbocycles. The first-order valence-electron chi connectivity index (χ1n) is 10.8. The molecule has 196 valence electrons. The highest BCUT2D eigenvalue weighted by atomic mass is 32.2. The van der Waals surface area contributed by atoms with Gasteiger partial charge in [0.1, 0.15) is 22.9 Å². The highest BCUT2D eigenvalue weighted by Crippen LogP contribution is 2.33. The summed E-state index contributed by atoms with van der Waals surface area (Å²) in [6.45, 7) is 0.573. The summed E-state index contributed by atoms with van der Waals surface area (Å²) in [4.78, 5) is 11.9. The van der Waals surface area contributed by atoms with Crippen molar-refractivity contribution < 1.29 is 41.7 Å². The SMILES string of the molecule is CS(=O)(=O)c1c(O)cccc1OCCCCNC(=O)CCc1ccc(N2C=C(O)NS2(=O)=O)c(O)c1. The number of aromatic hydroxyl groups is 2. The van der Waals surface area contributed by atoms with Crippen LogP contribution in [0.25, 0.3) is 0 Å². The van der Waals surface area contributed by atoms with Crippen molar-refractivity contribution in [3.05, 3.63) is 54.0 Å². The van der Waals surface area contributed by atoms with E-state index in [4.69, 9.17) is 4.74 Å². The fourth-order valence-corrected chi connectivity index (χ4v) is 5.48. The number of phenolic OH excluding ortho intramolecular Hbond substituents is 2. The van der Waals surface area contributed by atoms with Crippen molar-refractivity contribution in [2.45, 2.75) is 30.6 Å². The first-order chi connectivity index (χ1) is 16.9. The summed E-state index contributed by atoms with van der Waals surface area (Å²) in [5.41, 5.74) is 0.571. The Balaban J connectivity index is 1.40. The number of aliphatic hydroxyl groups is 1. The van der Waals surface area contributed by atoms with Crippen LogP contribution in [0.4, 0.5) is 5.69 Å². The third-order valence-corrected chi connectivity index (χ3v) is 7.57.